The van der Waals surface area contributed by atoms with Gasteiger partial charge in [0.05, 0.1) is 18.9 Å². The van der Waals surface area contributed by atoms with E-state index in [4.69, 9.17) is 4.74 Å². The predicted octanol–water partition coefficient (Wildman–Crippen LogP) is 2.09. The van der Waals surface area contributed by atoms with Crippen molar-refractivity contribution in [1.29, 1.82) is 0 Å². The molecular weight excluding hydrogens is 250 g/mol. The van der Waals surface area contributed by atoms with Crippen molar-refractivity contribution in [2.45, 2.75) is 33.1 Å². The molecule has 106 valence electrons. The normalized spacial score (nSPS) is 14.3. The third-order valence-electron chi connectivity index (χ3n) is 3.83. The lowest BCUT2D eigenvalue weighted by Crippen LogP contribution is -2.24. The number of ether oxygens (including phenoxy) is 1. The molecule has 1 aromatic carbocycles. The van der Waals surface area contributed by atoms with Crippen LogP contribution in [-0.2, 0) is 38.0 Å². The number of aryl methyl sites for hydroxylation is 2. The van der Waals surface area contributed by atoms with Crippen LogP contribution in [0.3, 0.4) is 0 Å². The molecule has 2 aromatic rings. The standard InChI is InChI=1S/C16H21N3O/c1-12-3-5-13(6-4-12)10-20-11-15-14-9-17-8-7-16(14)19(2)18-15/h3-6,17H,7-11H2,1-2H3. The van der Waals surface area contributed by atoms with Crippen LogP contribution in [0.5, 0.6) is 0 Å². The Bertz CT molecular complexity index is 587. The van der Waals surface area contributed by atoms with Crippen LogP contribution in [-0.4, -0.2) is 16.3 Å². The van der Waals surface area contributed by atoms with Gasteiger partial charge in [-0.25, -0.2) is 0 Å². The van der Waals surface area contributed by atoms with Crippen molar-refractivity contribution in [2.75, 3.05) is 6.54 Å². The fraction of sp³-hybridized carbons (Fsp3) is 0.438. The topological polar surface area (TPSA) is 39.1 Å². The first-order chi connectivity index (χ1) is 9.74. The summed E-state index contributed by atoms with van der Waals surface area (Å²) in [5.74, 6) is 0. The third-order valence-corrected chi connectivity index (χ3v) is 3.83. The zero-order valence-corrected chi connectivity index (χ0v) is 12.1. The lowest BCUT2D eigenvalue weighted by atomic mass is 10.1. The first-order valence-corrected chi connectivity index (χ1v) is 7.11. The lowest BCUT2D eigenvalue weighted by molar-refractivity contribution is 0.103. The van der Waals surface area contributed by atoms with E-state index in [1.807, 2.05) is 11.7 Å². The SMILES string of the molecule is Cc1ccc(COCc2nn(C)c3c2CNCC3)cc1. The Balaban J connectivity index is 1.62. The van der Waals surface area contributed by atoms with E-state index in [9.17, 15) is 0 Å². The molecule has 0 saturated heterocycles. The van der Waals surface area contributed by atoms with Gasteiger partial charge in [-0.05, 0) is 12.5 Å². The molecule has 1 aromatic heterocycles. The number of aromatic nitrogens is 2. The van der Waals surface area contributed by atoms with E-state index in [0.29, 0.717) is 13.2 Å². The van der Waals surface area contributed by atoms with E-state index in [0.717, 1.165) is 25.2 Å². The number of hydrogen-bond acceptors (Lipinski definition) is 3. The molecule has 0 bridgehead atoms. The van der Waals surface area contributed by atoms with E-state index in [-0.39, 0.29) is 0 Å². The Hall–Kier alpha value is -1.65. The summed E-state index contributed by atoms with van der Waals surface area (Å²) in [7, 11) is 2.02. The van der Waals surface area contributed by atoms with Crippen LogP contribution in [0.25, 0.3) is 0 Å². The maximum Gasteiger partial charge on any atom is 0.0929 e. The van der Waals surface area contributed by atoms with Crippen molar-refractivity contribution in [1.82, 2.24) is 15.1 Å². The van der Waals surface area contributed by atoms with E-state index in [1.54, 1.807) is 0 Å². The van der Waals surface area contributed by atoms with Crippen molar-refractivity contribution in [3.8, 4) is 0 Å². The second-order valence-corrected chi connectivity index (χ2v) is 5.40. The Kier molecular flexibility index (Phi) is 3.85. The number of rotatable bonds is 4. The van der Waals surface area contributed by atoms with Crippen LogP contribution in [0.4, 0.5) is 0 Å². The summed E-state index contributed by atoms with van der Waals surface area (Å²) >= 11 is 0. The number of hydrogen-bond donors (Lipinski definition) is 1. The molecule has 0 radical (unpaired) electrons. The minimum Gasteiger partial charge on any atom is -0.370 e. The van der Waals surface area contributed by atoms with Crippen molar-refractivity contribution in [2.24, 2.45) is 7.05 Å². The molecule has 0 spiro atoms. The molecule has 2 heterocycles. The minimum absolute atomic E-state index is 0.582. The number of benzene rings is 1. The van der Waals surface area contributed by atoms with Crippen LogP contribution in [0.15, 0.2) is 24.3 Å². The average Bonchev–Trinajstić information content (AvgIpc) is 2.79. The third kappa shape index (κ3) is 2.76. The second-order valence-electron chi connectivity index (χ2n) is 5.40. The van der Waals surface area contributed by atoms with Crippen LogP contribution in [0, 0.1) is 6.92 Å². The molecule has 4 heteroatoms. The Morgan fingerprint density at radius 3 is 2.85 bits per heavy atom. The van der Waals surface area contributed by atoms with E-state index in [2.05, 4.69) is 41.6 Å². The molecule has 20 heavy (non-hydrogen) atoms. The first kappa shape index (κ1) is 13.3. The molecule has 0 amide bonds. The Labute approximate surface area is 119 Å². The van der Waals surface area contributed by atoms with Gasteiger partial charge in [-0.15, -0.1) is 0 Å². The number of nitrogens with one attached hydrogen (secondary N) is 1. The molecule has 0 unspecified atom stereocenters. The van der Waals surface area contributed by atoms with Gasteiger partial charge in [0.25, 0.3) is 0 Å². The minimum atomic E-state index is 0.582. The second kappa shape index (κ2) is 5.77. The highest BCUT2D eigenvalue weighted by molar-refractivity contribution is 5.28. The van der Waals surface area contributed by atoms with Gasteiger partial charge in [-0.3, -0.25) is 4.68 Å². The highest BCUT2D eigenvalue weighted by Crippen LogP contribution is 2.18. The van der Waals surface area contributed by atoms with Crippen LogP contribution in [0.2, 0.25) is 0 Å². The Morgan fingerprint density at radius 1 is 1.25 bits per heavy atom. The van der Waals surface area contributed by atoms with Crippen LogP contribution in [0.1, 0.15) is 28.1 Å². The maximum absolute atomic E-state index is 5.82. The van der Waals surface area contributed by atoms with E-state index < -0.39 is 0 Å². The molecule has 1 N–H and O–H groups in total. The zero-order chi connectivity index (χ0) is 13.9. The van der Waals surface area contributed by atoms with Gasteiger partial charge in [0.1, 0.15) is 0 Å². The zero-order valence-electron chi connectivity index (χ0n) is 12.1. The predicted molar refractivity (Wildman–Crippen MR) is 78.3 cm³/mol. The van der Waals surface area contributed by atoms with Gasteiger partial charge in [0.2, 0.25) is 0 Å². The average molecular weight is 271 g/mol. The van der Waals surface area contributed by atoms with Gasteiger partial charge in [0.15, 0.2) is 0 Å². The lowest BCUT2D eigenvalue weighted by Gasteiger charge is -2.14. The summed E-state index contributed by atoms with van der Waals surface area (Å²) in [6, 6.07) is 8.46. The molecule has 0 atom stereocenters. The van der Waals surface area contributed by atoms with Crippen LogP contribution < -0.4 is 5.32 Å². The molecule has 3 rings (SSSR count). The summed E-state index contributed by atoms with van der Waals surface area (Å²) < 4.78 is 7.82. The summed E-state index contributed by atoms with van der Waals surface area (Å²) in [6.45, 7) is 5.26. The van der Waals surface area contributed by atoms with E-state index in [1.165, 1.54) is 22.4 Å². The first-order valence-electron chi connectivity index (χ1n) is 7.11. The van der Waals surface area contributed by atoms with Crippen molar-refractivity contribution in [3.63, 3.8) is 0 Å². The Morgan fingerprint density at radius 2 is 2.05 bits per heavy atom. The van der Waals surface area contributed by atoms with Crippen LogP contribution >= 0.6 is 0 Å². The maximum atomic E-state index is 5.82. The number of fused-ring (bicyclic) bond motifs is 1. The summed E-state index contributed by atoms with van der Waals surface area (Å²) in [5.41, 5.74) is 6.22. The van der Waals surface area contributed by atoms with Gasteiger partial charge in [-0.2, -0.15) is 5.10 Å². The van der Waals surface area contributed by atoms with Crippen molar-refractivity contribution in [3.05, 3.63) is 52.3 Å². The number of nitrogens with zero attached hydrogens (tertiary/aromatic N) is 2. The quantitative estimate of drug-likeness (QED) is 0.925. The van der Waals surface area contributed by atoms with Gasteiger partial charge < -0.3 is 10.1 Å². The fourth-order valence-electron chi connectivity index (χ4n) is 2.67. The van der Waals surface area contributed by atoms with Gasteiger partial charge in [0, 0.05) is 37.8 Å². The summed E-state index contributed by atoms with van der Waals surface area (Å²) in [5, 5.41) is 7.99. The van der Waals surface area contributed by atoms with Crippen molar-refractivity contribution < 1.29 is 4.74 Å². The smallest absolute Gasteiger partial charge is 0.0929 e. The molecule has 0 fully saturated rings. The monoisotopic (exact) mass is 271 g/mol. The molecule has 1 aliphatic rings. The summed E-state index contributed by atoms with van der Waals surface area (Å²) in [6.07, 6.45) is 1.05. The highest BCUT2D eigenvalue weighted by atomic mass is 16.5. The van der Waals surface area contributed by atoms with Gasteiger partial charge in [-0.1, -0.05) is 29.8 Å². The molecule has 0 aliphatic carbocycles. The molecular formula is C16H21N3O. The summed E-state index contributed by atoms with van der Waals surface area (Å²) in [4.78, 5) is 0. The largest absolute Gasteiger partial charge is 0.370 e. The molecule has 1 aliphatic heterocycles. The molecule has 4 nitrogen and oxygen atoms in total. The highest BCUT2D eigenvalue weighted by Gasteiger charge is 2.18. The van der Waals surface area contributed by atoms with E-state index >= 15 is 0 Å². The van der Waals surface area contributed by atoms with Crippen molar-refractivity contribution >= 4 is 0 Å². The van der Waals surface area contributed by atoms with Gasteiger partial charge >= 0.3 is 0 Å². The fourth-order valence-corrected chi connectivity index (χ4v) is 2.67. The molecule has 0 saturated carbocycles.